The highest BCUT2D eigenvalue weighted by molar-refractivity contribution is 7.80. The Morgan fingerprint density at radius 1 is 1.35 bits per heavy atom. The Morgan fingerprint density at radius 2 is 2.00 bits per heavy atom. The van der Waals surface area contributed by atoms with Crippen molar-refractivity contribution in [3.63, 3.8) is 0 Å². The minimum atomic E-state index is -0.595. The average molecular weight is 293 g/mol. The quantitative estimate of drug-likeness (QED) is 0.682. The van der Waals surface area contributed by atoms with Gasteiger partial charge in [0.2, 0.25) is 5.91 Å². The molecule has 6 heteroatoms. The number of carbonyl (C=O) groups is 2. The number of carbonyl (C=O) groups excluding carboxylic acids is 2. The highest BCUT2D eigenvalue weighted by atomic mass is 32.1. The Hall–Kier alpha value is -1.95. The molecule has 0 aliphatic carbocycles. The zero-order chi connectivity index (χ0) is 15.1. The monoisotopic (exact) mass is 293 g/mol. The second-order valence-electron chi connectivity index (χ2n) is 4.43. The summed E-state index contributed by atoms with van der Waals surface area (Å²) in [6, 6.07) is 6.09. The van der Waals surface area contributed by atoms with Gasteiger partial charge in [0.05, 0.1) is 0 Å². The van der Waals surface area contributed by atoms with E-state index in [1.165, 1.54) is 0 Å². The molecule has 1 aromatic carbocycles. The molecule has 0 radical (unpaired) electrons. The summed E-state index contributed by atoms with van der Waals surface area (Å²) >= 11 is 4.87. The zero-order valence-electron chi connectivity index (χ0n) is 11.6. The van der Waals surface area contributed by atoms with Gasteiger partial charge in [0, 0.05) is 17.7 Å². The number of hydrogen-bond donors (Lipinski definition) is 3. The number of thiocarbonyl (C=S) groups is 1. The number of nitrogens with two attached hydrogens (primary N) is 1. The lowest BCUT2D eigenvalue weighted by atomic mass is 10.1. The molecule has 20 heavy (non-hydrogen) atoms. The van der Waals surface area contributed by atoms with Gasteiger partial charge in [0.25, 0.3) is 5.91 Å². The molecule has 5 nitrogen and oxygen atoms in total. The molecule has 0 saturated heterocycles. The van der Waals surface area contributed by atoms with E-state index in [0.717, 1.165) is 6.42 Å². The standard InChI is InChI=1S/C14H19N3O2S/c1-3-7-16-13(18)9(2)17-14(19)11-6-4-5-10(8-11)12(15)20/h4-6,8-9H,3,7H2,1-2H3,(H2,15,20)(H,16,18)(H,17,19). The second-order valence-corrected chi connectivity index (χ2v) is 4.87. The first-order chi connectivity index (χ1) is 9.45. The van der Waals surface area contributed by atoms with Crippen LogP contribution in [0.3, 0.4) is 0 Å². The minimum Gasteiger partial charge on any atom is -0.389 e. The van der Waals surface area contributed by atoms with Crippen molar-refractivity contribution in [2.24, 2.45) is 5.73 Å². The molecule has 0 saturated carbocycles. The van der Waals surface area contributed by atoms with E-state index in [9.17, 15) is 9.59 Å². The molecule has 1 rings (SSSR count). The van der Waals surface area contributed by atoms with Gasteiger partial charge in [0.1, 0.15) is 11.0 Å². The largest absolute Gasteiger partial charge is 0.389 e. The summed E-state index contributed by atoms with van der Waals surface area (Å²) in [5.74, 6) is -0.534. The Bertz CT molecular complexity index is 517. The average Bonchev–Trinajstić information content (AvgIpc) is 2.44. The molecule has 1 unspecified atom stereocenters. The molecule has 1 aromatic rings. The van der Waals surface area contributed by atoms with Gasteiger partial charge in [-0.05, 0) is 25.5 Å². The number of nitrogens with one attached hydrogen (secondary N) is 2. The van der Waals surface area contributed by atoms with Crippen LogP contribution in [0.5, 0.6) is 0 Å². The molecule has 2 amide bonds. The number of benzene rings is 1. The lowest BCUT2D eigenvalue weighted by Crippen LogP contribution is -2.45. The first-order valence-electron chi connectivity index (χ1n) is 6.44. The van der Waals surface area contributed by atoms with Gasteiger partial charge >= 0.3 is 0 Å². The summed E-state index contributed by atoms with van der Waals surface area (Å²) in [6.45, 7) is 4.20. The molecule has 4 N–H and O–H groups in total. The fourth-order valence-corrected chi connectivity index (χ4v) is 1.69. The Labute approximate surface area is 123 Å². The van der Waals surface area contributed by atoms with Crippen LogP contribution in [0.25, 0.3) is 0 Å². The molecule has 0 bridgehead atoms. The Kier molecular flexibility index (Phi) is 6.11. The smallest absolute Gasteiger partial charge is 0.251 e. The third-order valence-electron chi connectivity index (χ3n) is 2.70. The molecule has 0 aliphatic rings. The van der Waals surface area contributed by atoms with Gasteiger partial charge < -0.3 is 16.4 Å². The summed E-state index contributed by atoms with van der Waals surface area (Å²) in [6.07, 6.45) is 0.850. The van der Waals surface area contributed by atoms with Gasteiger partial charge in [0.15, 0.2) is 0 Å². The third-order valence-corrected chi connectivity index (χ3v) is 2.94. The first kappa shape index (κ1) is 16.1. The van der Waals surface area contributed by atoms with Gasteiger partial charge in [-0.15, -0.1) is 0 Å². The molecule has 1 atom stereocenters. The molecule has 0 fully saturated rings. The van der Waals surface area contributed by atoms with E-state index in [1.54, 1.807) is 31.2 Å². The maximum atomic E-state index is 12.0. The highest BCUT2D eigenvalue weighted by Crippen LogP contribution is 2.05. The van der Waals surface area contributed by atoms with E-state index in [4.69, 9.17) is 18.0 Å². The van der Waals surface area contributed by atoms with Crippen molar-refractivity contribution in [2.45, 2.75) is 26.3 Å². The van der Waals surface area contributed by atoms with E-state index in [0.29, 0.717) is 17.7 Å². The van der Waals surface area contributed by atoms with E-state index < -0.39 is 6.04 Å². The van der Waals surface area contributed by atoms with Crippen molar-refractivity contribution in [3.8, 4) is 0 Å². The van der Waals surface area contributed by atoms with Crippen molar-refractivity contribution >= 4 is 29.0 Å². The van der Waals surface area contributed by atoms with E-state index in [-0.39, 0.29) is 16.8 Å². The molecule has 0 heterocycles. The highest BCUT2D eigenvalue weighted by Gasteiger charge is 2.16. The van der Waals surface area contributed by atoms with E-state index in [1.807, 2.05) is 6.92 Å². The molecular weight excluding hydrogens is 274 g/mol. The molecule has 0 spiro atoms. The predicted octanol–water partition coefficient (Wildman–Crippen LogP) is 0.965. The van der Waals surface area contributed by atoms with Gasteiger partial charge in [-0.25, -0.2) is 0 Å². The van der Waals surface area contributed by atoms with Crippen LogP contribution in [0.4, 0.5) is 0 Å². The first-order valence-corrected chi connectivity index (χ1v) is 6.85. The molecule has 108 valence electrons. The fraction of sp³-hybridized carbons (Fsp3) is 0.357. The molecular formula is C14H19N3O2S. The van der Waals surface area contributed by atoms with Crippen molar-refractivity contribution in [1.29, 1.82) is 0 Å². The van der Waals surface area contributed by atoms with E-state index >= 15 is 0 Å². The summed E-state index contributed by atoms with van der Waals surface area (Å²) in [4.78, 5) is 23.9. The van der Waals surface area contributed by atoms with Gasteiger partial charge in [-0.3, -0.25) is 9.59 Å². The predicted molar refractivity (Wildman–Crippen MR) is 82.6 cm³/mol. The van der Waals surface area contributed by atoms with Crippen molar-refractivity contribution < 1.29 is 9.59 Å². The lowest BCUT2D eigenvalue weighted by molar-refractivity contribution is -0.122. The summed E-state index contributed by atoms with van der Waals surface area (Å²) in [5, 5.41) is 5.36. The number of amides is 2. The van der Waals surface area contributed by atoms with Crippen molar-refractivity contribution in [3.05, 3.63) is 35.4 Å². The van der Waals surface area contributed by atoms with Crippen LogP contribution in [-0.2, 0) is 4.79 Å². The van der Waals surface area contributed by atoms with Crippen LogP contribution in [0.1, 0.15) is 36.2 Å². The van der Waals surface area contributed by atoms with Crippen molar-refractivity contribution in [2.75, 3.05) is 6.54 Å². The van der Waals surface area contributed by atoms with Crippen LogP contribution in [0, 0.1) is 0 Å². The fourth-order valence-electron chi connectivity index (χ4n) is 1.56. The summed E-state index contributed by atoms with van der Waals surface area (Å²) < 4.78 is 0. The van der Waals surface area contributed by atoms with Crippen molar-refractivity contribution in [1.82, 2.24) is 10.6 Å². The zero-order valence-corrected chi connectivity index (χ0v) is 12.4. The van der Waals surface area contributed by atoms with E-state index in [2.05, 4.69) is 10.6 Å². The normalized spacial score (nSPS) is 11.5. The Morgan fingerprint density at radius 3 is 2.60 bits per heavy atom. The summed E-state index contributed by atoms with van der Waals surface area (Å²) in [7, 11) is 0. The maximum absolute atomic E-state index is 12.0. The third kappa shape index (κ3) is 4.62. The number of rotatable bonds is 6. The van der Waals surface area contributed by atoms with Gasteiger partial charge in [-0.2, -0.15) is 0 Å². The second kappa shape index (κ2) is 7.59. The van der Waals surface area contributed by atoms with Crippen LogP contribution < -0.4 is 16.4 Å². The molecule has 0 aromatic heterocycles. The van der Waals surface area contributed by atoms with Crippen LogP contribution in [0.2, 0.25) is 0 Å². The Balaban J connectivity index is 2.69. The minimum absolute atomic E-state index is 0.203. The van der Waals surface area contributed by atoms with Crippen LogP contribution >= 0.6 is 12.2 Å². The lowest BCUT2D eigenvalue weighted by Gasteiger charge is -2.14. The maximum Gasteiger partial charge on any atom is 0.251 e. The number of hydrogen-bond acceptors (Lipinski definition) is 3. The van der Waals surface area contributed by atoms with Crippen LogP contribution in [0.15, 0.2) is 24.3 Å². The van der Waals surface area contributed by atoms with Crippen LogP contribution in [-0.4, -0.2) is 29.4 Å². The summed E-state index contributed by atoms with van der Waals surface area (Å²) in [5.41, 5.74) is 6.57. The topological polar surface area (TPSA) is 84.2 Å². The molecule has 0 aliphatic heterocycles. The SMILES string of the molecule is CCCNC(=O)C(C)NC(=O)c1cccc(C(N)=S)c1. The van der Waals surface area contributed by atoms with Gasteiger partial charge in [-0.1, -0.05) is 31.3 Å².